The van der Waals surface area contributed by atoms with Crippen LogP contribution in [0.15, 0.2) is 40.8 Å². The first-order chi connectivity index (χ1) is 12.5. The van der Waals surface area contributed by atoms with E-state index < -0.39 is 0 Å². The molecular weight excluding hydrogens is 328 g/mol. The Morgan fingerprint density at radius 2 is 1.88 bits per heavy atom. The first-order valence-electron chi connectivity index (χ1n) is 9.24. The fourth-order valence-corrected chi connectivity index (χ4v) is 3.36. The molecule has 5 heteroatoms. The van der Waals surface area contributed by atoms with Crippen LogP contribution in [-0.2, 0) is 4.79 Å². The second kappa shape index (κ2) is 7.77. The van der Waals surface area contributed by atoms with E-state index in [-0.39, 0.29) is 17.9 Å². The molecule has 0 spiro atoms. The summed E-state index contributed by atoms with van der Waals surface area (Å²) in [5.41, 5.74) is 1.54. The molecule has 1 aliphatic rings. The SMILES string of the molecule is CCCC[C@H]1C(=O)N(C)CCN1C(=O)c1ccc(-c2ccc(C)o2)cc1. The highest BCUT2D eigenvalue weighted by molar-refractivity contribution is 5.98. The Morgan fingerprint density at radius 3 is 2.50 bits per heavy atom. The smallest absolute Gasteiger partial charge is 0.254 e. The van der Waals surface area contributed by atoms with Crippen LogP contribution in [0, 0.1) is 6.92 Å². The average Bonchev–Trinajstić information content (AvgIpc) is 3.09. The van der Waals surface area contributed by atoms with E-state index in [0.717, 1.165) is 36.3 Å². The highest BCUT2D eigenvalue weighted by Crippen LogP contribution is 2.24. The zero-order chi connectivity index (χ0) is 18.7. The molecule has 0 unspecified atom stereocenters. The Hall–Kier alpha value is -2.56. The zero-order valence-electron chi connectivity index (χ0n) is 15.7. The number of piperazine rings is 1. The van der Waals surface area contributed by atoms with Gasteiger partial charge in [0.2, 0.25) is 5.91 Å². The van der Waals surface area contributed by atoms with Gasteiger partial charge in [0.05, 0.1) is 0 Å². The van der Waals surface area contributed by atoms with Gasteiger partial charge in [0.1, 0.15) is 17.6 Å². The fraction of sp³-hybridized carbons (Fsp3) is 0.429. The van der Waals surface area contributed by atoms with Crippen LogP contribution in [-0.4, -0.2) is 47.8 Å². The molecule has 0 N–H and O–H groups in total. The maximum Gasteiger partial charge on any atom is 0.254 e. The van der Waals surface area contributed by atoms with Crippen molar-refractivity contribution in [2.75, 3.05) is 20.1 Å². The molecule has 3 rings (SSSR count). The van der Waals surface area contributed by atoms with Crippen LogP contribution >= 0.6 is 0 Å². The van der Waals surface area contributed by atoms with Gasteiger partial charge in [-0.1, -0.05) is 31.9 Å². The minimum Gasteiger partial charge on any atom is -0.461 e. The van der Waals surface area contributed by atoms with Gasteiger partial charge in [-0.15, -0.1) is 0 Å². The zero-order valence-corrected chi connectivity index (χ0v) is 15.7. The molecule has 138 valence electrons. The average molecular weight is 354 g/mol. The number of furan rings is 1. The normalized spacial score (nSPS) is 17.7. The lowest BCUT2D eigenvalue weighted by molar-refractivity contribution is -0.138. The number of amides is 2. The molecule has 0 saturated carbocycles. The van der Waals surface area contributed by atoms with Gasteiger partial charge >= 0.3 is 0 Å². The number of hydrogen-bond acceptors (Lipinski definition) is 3. The lowest BCUT2D eigenvalue weighted by Gasteiger charge is -2.39. The monoisotopic (exact) mass is 354 g/mol. The van der Waals surface area contributed by atoms with Crippen molar-refractivity contribution in [2.24, 2.45) is 0 Å². The number of aryl methyl sites for hydroxylation is 1. The van der Waals surface area contributed by atoms with E-state index in [1.807, 2.05) is 50.4 Å². The van der Waals surface area contributed by atoms with Crippen molar-refractivity contribution >= 4 is 11.8 Å². The molecule has 1 fully saturated rings. The molecule has 26 heavy (non-hydrogen) atoms. The molecule has 1 saturated heterocycles. The Balaban J connectivity index is 1.79. The quantitative estimate of drug-likeness (QED) is 0.822. The number of benzene rings is 1. The molecule has 2 heterocycles. The molecule has 0 radical (unpaired) electrons. The standard InChI is InChI=1S/C21H26N2O3/c1-4-5-6-18-21(25)22(3)13-14-23(18)20(24)17-10-8-16(9-11-17)19-12-7-15(2)26-19/h7-12,18H,4-6,13-14H2,1-3H3/t18-/m0/s1. The van der Waals surface area contributed by atoms with Crippen molar-refractivity contribution < 1.29 is 14.0 Å². The number of nitrogens with zero attached hydrogens (tertiary/aromatic N) is 2. The minimum absolute atomic E-state index is 0.0423. The number of rotatable bonds is 5. The Bertz CT molecular complexity index is 779. The number of likely N-dealkylation sites (N-methyl/N-ethyl adjacent to an activating group) is 1. The van der Waals surface area contributed by atoms with Crippen molar-refractivity contribution in [3.63, 3.8) is 0 Å². The van der Waals surface area contributed by atoms with Gasteiger partial charge in [0, 0.05) is 31.3 Å². The van der Waals surface area contributed by atoms with Crippen LogP contribution in [0.25, 0.3) is 11.3 Å². The number of carbonyl (C=O) groups is 2. The van der Waals surface area contributed by atoms with Gasteiger partial charge in [-0.25, -0.2) is 0 Å². The fourth-order valence-electron chi connectivity index (χ4n) is 3.36. The molecule has 0 bridgehead atoms. The largest absolute Gasteiger partial charge is 0.461 e. The second-order valence-corrected chi connectivity index (χ2v) is 6.90. The van der Waals surface area contributed by atoms with Crippen molar-refractivity contribution in [1.82, 2.24) is 9.80 Å². The summed E-state index contributed by atoms with van der Waals surface area (Å²) in [6, 6.07) is 10.9. The molecule has 2 aromatic rings. The third-order valence-corrected chi connectivity index (χ3v) is 4.96. The van der Waals surface area contributed by atoms with Crippen molar-refractivity contribution in [2.45, 2.75) is 39.2 Å². The van der Waals surface area contributed by atoms with Crippen molar-refractivity contribution in [3.05, 3.63) is 47.7 Å². The third kappa shape index (κ3) is 3.66. The van der Waals surface area contributed by atoms with E-state index in [2.05, 4.69) is 6.92 Å². The van der Waals surface area contributed by atoms with E-state index in [1.165, 1.54) is 0 Å². The Kier molecular flexibility index (Phi) is 5.45. The van der Waals surface area contributed by atoms with Gasteiger partial charge < -0.3 is 14.2 Å². The summed E-state index contributed by atoms with van der Waals surface area (Å²) in [6.45, 7) is 5.16. The van der Waals surface area contributed by atoms with Gasteiger partial charge in [-0.05, 0) is 37.6 Å². The number of unbranched alkanes of at least 4 members (excludes halogenated alkanes) is 1. The molecule has 1 atom stereocenters. The van der Waals surface area contributed by atoms with E-state index >= 15 is 0 Å². The molecule has 0 aliphatic carbocycles. The van der Waals surface area contributed by atoms with Crippen LogP contribution < -0.4 is 0 Å². The first-order valence-corrected chi connectivity index (χ1v) is 9.24. The highest BCUT2D eigenvalue weighted by Gasteiger charge is 2.35. The topological polar surface area (TPSA) is 53.8 Å². The molecule has 1 aliphatic heterocycles. The van der Waals surface area contributed by atoms with Gasteiger partial charge in [0.15, 0.2) is 0 Å². The maximum atomic E-state index is 13.0. The Labute approximate surface area is 154 Å². The summed E-state index contributed by atoms with van der Waals surface area (Å²) in [4.78, 5) is 29.0. The summed E-state index contributed by atoms with van der Waals surface area (Å²) >= 11 is 0. The van der Waals surface area contributed by atoms with Crippen molar-refractivity contribution in [1.29, 1.82) is 0 Å². The second-order valence-electron chi connectivity index (χ2n) is 6.90. The maximum absolute atomic E-state index is 13.0. The molecule has 2 amide bonds. The van der Waals surface area contributed by atoms with Crippen LogP contribution in [0.5, 0.6) is 0 Å². The minimum atomic E-state index is -0.353. The van der Waals surface area contributed by atoms with E-state index in [4.69, 9.17) is 4.42 Å². The third-order valence-electron chi connectivity index (χ3n) is 4.96. The van der Waals surface area contributed by atoms with Gasteiger partial charge in [-0.2, -0.15) is 0 Å². The van der Waals surface area contributed by atoms with Crippen LogP contribution in [0.2, 0.25) is 0 Å². The predicted molar refractivity (Wildman–Crippen MR) is 101 cm³/mol. The van der Waals surface area contributed by atoms with Crippen molar-refractivity contribution in [3.8, 4) is 11.3 Å². The lowest BCUT2D eigenvalue weighted by Crippen LogP contribution is -2.57. The summed E-state index contributed by atoms with van der Waals surface area (Å²) < 4.78 is 5.63. The first kappa shape index (κ1) is 18.2. The van der Waals surface area contributed by atoms with Crippen LogP contribution in [0.4, 0.5) is 0 Å². The summed E-state index contributed by atoms with van der Waals surface area (Å²) in [7, 11) is 1.81. The molecule has 1 aromatic carbocycles. The van der Waals surface area contributed by atoms with E-state index in [1.54, 1.807) is 9.80 Å². The van der Waals surface area contributed by atoms with E-state index in [0.29, 0.717) is 18.7 Å². The van der Waals surface area contributed by atoms with Crippen LogP contribution in [0.3, 0.4) is 0 Å². The van der Waals surface area contributed by atoms with Gasteiger partial charge in [0.25, 0.3) is 5.91 Å². The highest BCUT2D eigenvalue weighted by atomic mass is 16.3. The predicted octanol–water partition coefficient (Wildman–Crippen LogP) is 3.73. The number of hydrogen-bond donors (Lipinski definition) is 0. The molecule has 5 nitrogen and oxygen atoms in total. The lowest BCUT2D eigenvalue weighted by atomic mass is 10.0. The van der Waals surface area contributed by atoms with Gasteiger partial charge in [-0.3, -0.25) is 9.59 Å². The molecule has 1 aromatic heterocycles. The summed E-state index contributed by atoms with van der Waals surface area (Å²) in [6.07, 6.45) is 2.66. The van der Waals surface area contributed by atoms with Crippen LogP contribution in [0.1, 0.15) is 42.3 Å². The van der Waals surface area contributed by atoms with E-state index in [9.17, 15) is 9.59 Å². The number of carbonyl (C=O) groups excluding carboxylic acids is 2. The Morgan fingerprint density at radius 1 is 1.15 bits per heavy atom. The molecular formula is C21H26N2O3. The summed E-state index contributed by atoms with van der Waals surface area (Å²) in [5.74, 6) is 1.61. The summed E-state index contributed by atoms with van der Waals surface area (Å²) in [5, 5.41) is 0.